The van der Waals surface area contributed by atoms with Crippen LogP contribution < -0.4 is 5.73 Å². The zero-order chi connectivity index (χ0) is 23.3. The van der Waals surface area contributed by atoms with Crippen LogP contribution >= 0.6 is 0 Å². The maximum absolute atomic E-state index is 12.8. The van der Waals surface area contributed by atoms with Crippen LogP contribution in [0.25, 0.3) is 16.8 Å². The number of nitrogens with zero attached hydrogens (tertiary/aromatic N) is 6. The van der Waals surface area contributed by atoms with Gasteiger partial charge in [0.15, 0.2) is 15.5 Å². The number of rotatable bonds is 4. The number of hydrogen-bond acceptors (Lipinski definition) is 8. The number of aromatic nitrogens is 7. The van der Waals surface area contributed by atoms with Crippen molar-refractivity contribution in [3.05, 3.63) is 42.2 Å². The topological polar surface area (TPSA) is 168 Å². The van der Waals surface area contributed by atoms with Gasteiger partial charge in [0.25, 0.3) is 5.91 Å². The average molecular weight is 470 g/mol. The molecule has 1 aliphatic heterocycles. The smallest absolute Gasteiger partial charge is 0.272 e. The van der Waals surface area contributed by atoms with Gasteiger partial charge in [-0.3, -0.25) is 15.0 Å². The Morgan fingerprint density at radius 3 is 2.73 bits per heavy atom. The van der Waals surface area contributed by atoms with Gasteiger partial charge in [0.1, 0.15) is 16.4 Å². The Morgan fingerprint density at radius 2 is 2.09 bits per heavy atom. The first kappa shape index (κ1) is 21.1. The monoisotopic (exact) mass is 469 g/mol. The molecular formula is C20H23N9O3S. The number of nitrogens with one attached hydrogen (secondary N) is 2. The summed E-state index contributed by atoms with van der Waals surface area (Å²) in [6.07, 6.45) is 8.68. The molecule has 2 atom stereocenters. The first-order chi connectivity index (χ1) is 15.8. The molecule has 1 amide bonds. The van der Waals surface area contributed by atoms with Crippen molar-refractivity contribution < 1.29 is 13.2 Å². The molecule has 5 heterocycles. The van der Waals surface area contributed by atoms with Gasteiger partial charge in [-0.15, -0.1) is 0 Å². The Morgan fingerprint density at radius 1 is 1.27 bits per heavy atom. The molecule has 13 heteroatoms. The number of likely N-dealkylation sites (tertiary alicyclic amines) is 1. The summed E-state index contributed by atoms with van der Waals surface area (Å²) in [6, 6.07) is 1.50. The largest absolute Gasteiger partial charge is 0.382 e. The maximum atomic E-state index is 12.8. The molecule has 0 saturated carbocycles. The number of fused-ring (bicyclic) bond motifs is 1. The Hall–Kier alpha value is -3.74. The van der Waals surface area contributed by atoms with Crippen molar-refractivity contribution in [2.24, 2.45) is 0 Å². The van der Waals surface area contributed by atoms with E-state index < -0.39 is 9.84 Å². The maximum Gasteiger partial charge on any atom is 0.272 e. The van der Waals surface area contributed by atoms with Crippen LogP contribution in [-0.4, -0.2) is 73.1 Å². The van der Waals surface area contributed by atoms with Crippen LogP contribution in [0, 0.1) is 0 Å². The minimum atomic E-state index is -3.69. The summed E-state index contributed by atoms with van der Waals surface area (Å²) in [7, 11) is -3.69. The number of sulfone groups is 1. The number of amides is 1. The number of hydrogen-bond donors (Lipinski definition) is 3. The summed E-state index contributed by atoms with van der Waals surface area (Å²) in [5.41, 5.74) is 9.08. The van der Waals surface area contributed by atoms with Gasteiger partial charge in [0, 0.05) is 48.3 Å². The van der Waals surface area contributed by atoms with Gasteiger partial charge >= 0.3 is 0 Å². The third-order valence-corrected chi connectivity index (χ3v) is 7.26. The molecule has 1 fully saturated rings. The number of aromatic amines is 2. The minimum Gasteiger partial charge on any atom is -0.382 e. The average Bonchev–Trinajstić information content (AvgIpc) is 3.53. The van der Waals surface area contributed by atoms with E-state index in [1.165, 1.54) is 10.7 Å². The summed E-state index contributed by atoms with van der Waals surface area (Å²) in [4.78, 5) is 19.3. The van der Waals surface area contributed by atoms with E-state index in [4.69, 9.17) is 10.7 Å². The number of anilines is 1. The highest BCUT2D eigenvalue weighted by atomic mass is 32.2. The number of piperidine rings is 1. The lowest BCUT2D eigenvalue weighted by Crippen LogP contribution is -2.44. The molecule has 5 rings (SSSR count). The molecule has 4 N–H and O–H groups in total. The molecule has 4 aromatic rings. The summed E-state index contributed by atoms with van der Waals surface area (Å²) in [5, 5.41) is 17.6. The van der Waals surface area contributed by atoms with Crippen molar-refractivity contribution in [1.82, 2.24) is 39.9 Å². The molecular weight excluding hydrogens is 446 g/mol. The fraction of sp³-hybridized carbons (Fsp3) is 0.350. The normalized spacial score (nSPS) is 19.3. The Labute approximate surface area is 189 Å². The molecule has 0 radical (unpaired) electrons. The van der Waals surface area contributed by atoms with Crippen LogP contribution in [0.5, 0.6) is 0 Å². The number of carbonyl (C=O) groups excluding carboxylic acids is 1. The number of nitrogen functional groups attached to an aromatic ring is 1. The minimum absolute atomic E-state index is 0.0117. The van der Waals surface area contributed by atoms with Gasteiger partial charge in [-0.05, 0) is 25.8 Å². The van der Waals surface area contributed by atoms with E-state index in [1.54, 1.807) is 29.6 Å². The van der Waals surface area contributed by atoms with E-state index in [-0.39, 0.29) is 28.6 Å². The Kier molecular flexibility index (Phi) is 4.92. The van der Waals surface area contributed by atoms with E-state index in [9.17, 15) is 13.2 Å². The van der Waals surface area contributed by atoms with Crippen LogP contribution in [-0.2, 0) is 9.84 Å². The standard InChI is InChI=1S/C20H23N9O3S/c1-11-7-12(4-6-28(11)20(30)15-3-5-22-27-15)16-17(33(2,31)32)18(21)29-19(26-16)14(10-25-29)13-8-23-24-9-13/h3,5,8-12H,4,6-7,21H2,1-2H3,(H,22,27)(H,23,24)/t11-,12+/m0/s1. The van der Waals surface area contributed by atoms with E-state index >= 15 is 0 Å². The van der Waals surface area contributed by atoms with Gasteiger partial charge in [0.05, 0.1) is 18.1 Å². The van der Waals surface area contributed by atoms with Gasteiger partial charge in [0.2, 0.25) is 0 Å². The third-order valence-electron chi connectivity index (χ3n) is 6.10. The van der Waals surface area contributed by atoms with Crippen LogP contribution in [0.15, 0.2) is 35.7 Å². The summed E-state index contributed by atoms with van der Waals surface area (Å²) < 4.78 is 26.9. The second-order valence-corrected chi connectivity index (χ2v) is 10.3. The highest BCUT2D eigenvalue weighted by molar-refractivity contribution is 7.91. The molecule has 4 aromatic heterocycles. The summed E-state index contributed by atoms with van der Waals surface area (Å²) >= 11 is 0. The molecule has 0 aromatic carbocycles. The molecule has 1 aliphatic rings. The number of carbonyl (C=O) groups is 1. The number of H-pyrrole nitrogens is 2. The lowest BCUT2D eigenvalue weighted by molar-refractivity contribution is 0.0607. The molecule has 1 saturated heterocycles. The molecule has 0 spiro atoms. The van der Waals surface area contributed by atoms with Crippen LogP contribution in [0.2, 0.25) is 0 Å². The molecule has 0 unspecified atom stereocenters. The molecule has 172 valence electrons. The highest BCUT2D eigenvalue weighted by Crippen LogP contribution is 2.38. The molecule has 0 bridgehead atoms. The highest BCUT2D eigenvalue weighted by Gasteiger charge is 2.35. The van der Waals surface area contributed by atoms with Crippen molar-refractivity contribution in [2.45, 2.75) is 36.6 Å². The third kappa shape index (κ3) is 3.53. The van der Waals surface area contributed by atoms with Gasteiger partial charge in [-0.25, -0.2) is 13.4 Å². The zero-order valence-corrected chi connectivity index (χ0v) is 18.9. The zero-order valence-electron chi connectivity index (χ0n) is 18.1. The fourth-order valence-electron chi connectivity index (χ4n) is 4.53. The van der Waals surface area contributed by atoms with Crippen LogP contribution in [0.4, 0.5) is 5.82 Å². The van der Waals surface area contributed by atoms with Crippen LogP contribution in [0.3, 0.4) is 0 Å². The predicted molar refractivity (Wildman–Crippen MR) is 119 cm³/mol. The van der Waals surface area contributed by atoms with Gasteiger partial charge < -0.3 is 10.6 Å². The van der Waals surface area contributed by atoms with Crippen molar-refractivity contribution >= 4 is 27.2 Å². The lowest BCUT2D eigenvalue weighted by Gasteiger charge is -2.37. The van der Waals surface area contributed by atoms with E-state index in [0.29, 0.717) is 42.0 Å². The van der Waals surface area contributed by atoms with E-state index in [2.05, 4.69) is 25.5 Å². The van der Waals surface area contributed by atoms with E-state index in [1.807, 2.05) is 6.92 Å². The summed E-state index contributed by atoms with van der Waals surface area (Å²) in [5.74, 6) is -0.312. The number of nitrogens with two attached hydrogens (primary N) is 1. The SMILES string of the molecule is C[C@H]1C[C@H](c2nc3c(-c4cn[nH]c4)cnn3c(N)c2S(C)(=O)=O)CCN1C(=O)c1ccn[nH]1. The van der Waals surface area contributed by atoms with Crippen molar-refractivity contribution in [3.8, 4) is 11.1 Å². The fourth-order valence-corrected chi connectivity index (χ4v) is 5.59. The van der Waals surface area contributed by atoms with E-state index in [0.717, 1.165) is 11.8 Å². The second-order valence-electron chi connectivity index (χ2n) is 8.30. The summed E-state index contributed by atoms with van der Waals surface area (Å²) in [6.45, 7) is 2.39. The second kappa shape index (κ2) is 7.69. The predicted octanol–water partition coefficient (Wildman–Crippen LogP) is 1.24. The van der Waals surface area contributed by atoms with Crippen molar-refractivity contribution in [1.29, 1.82) is 0 Å². The molecule has 12 nitrogen and oxygen atoms in total. The van der Waals surface area contributed by atoms with Crippen molar-refractivity contribution in [3.63, 3.8) is 0 Å². The van der Waals surface area contributed by atoms with Crippen molar-refractivity contribution in [2.75, 3.05) is 18.5 Å². The quantitative estimate of drug-likeness (QED) is 0.401. The Bertz CT molecular complexity index is 1430. The first-order valence-electron chi connectivity index (χ1n) is 10.4. The van der Waals surface area contributed by atoms with Gasteiger partial charge in [-0.2, -0.15) is 19.8 Å². The van der Waals surface area contributed by atoms with Gasteiger partial charge in [-0.1, -0.05) is 0 Å². The lowest BCUT2D eigenvalue weighted by atomic mass is 9.88. The molecule has 33 heavy (non-hydrogen) atoms. The Balaban J connectivity index is 1.57. The van der Waals surface area contributed by atoms with Crippen LogP contribution in [0.1, 0.15) is 41.9 Å². The first-order valence-corrected chi connectivity index (χ1v) is 12.3. The molecule has 0 aliphatic carbocycles.